The lowest BCUT2D eigenvalue weighted by Gasteiger charge is -1.99. The molecule has 74 valence electrons. The number of rotatable bonds is 5. The summed E-state index contributed by atoms with van der Waals surface area (Å²) in [6.07, 6.45) is 5.05. The molecule has 0 aromatic rings. The van der Waals surface area contributed by atoms with Crippen molar-refractivity contribution in [3.8, 4) is 11.8 Å². The fourth-order valence-corrected chi connectivity index (χ4v) is 0.922. The standard InChI is InChI=1S/C11H18O2/c1-3-4-5-6-7-8-9-10-13-11(2)12/h3,6-10H2,1-2H3. The summed E-state index contributed by atoms with van der Waals surface area (Å²) in [4.78, 5) is 10.4. The molecule has 0 spiro atoms. The van der Waals surface area contributed by atoms with E-state index in [1.165, 1.54) is 6.92 Å². The second kappa shape index (κ2) is 9.12. The minimum Gasteiger partial charge on any atom is -0.466 e. The summed E-state index contributed by atoms with van der Waals surface area (Å²) in [6.45, 7) is 4.04. The highest BCUT2D eigenvalue weighted by molar-refractivity contribution is 5.65. The zero-order valence-electron chi connectivity index (χ0n) is 8.56. The van der Waals surface area contributed by atoms with Gasteiger partial charge in [-0.1, -0.05) is 6.92 Å². The maximum atomic E-state index is 10.4. The van der Waals surface area contributed by atoms with E-state index in [-0.39, 0.29) is 5.97 Å². The van der Waals surface area contributed by atoms with Crippen LogP contribution in [0.3, 0.4) is 0 Å². The highest BCUT2D eigenvalue weighted by Gasteiger charge is 1.91. The van der Waals surface area contributed by atoms with Gasteiger partial charge in [-0.15, -0.1) is 11.8 Å². The van der Waals surface area contributed by atoms with E-state index in [9.17, 15) is 4.79 Å². The van der Waals surface area contributed by atoms with Crippen LogP contribution in [0.4, 0.5) is 0 Å². The van der Waals surface area contributed by atoms with Gasteiger partial charge in [-0.25, -0.2) is 0 Å². The molecule has 0 aromatic heterocycles. The maximum absolute atomic E-state index is 10.4. The summed E-state index contributed by atoms with van der Waals surface area (Å²) in [6, 6.07) is 0. The maximum Gasteiger partial charge on any atom is 0.302 e. The van der Waals surface area contributed by atoms with Crippen LogP contribution in [0, 0.1) is 11.8 Å². The molecular formula is C11H18O2. The van der Waals surface area contributed by atoms with Crippen LogP contribution in [-0.2, 0) is 9.53 Å². The Balaban J connectivity index is 3.04. The van der Waals surface area contributed by atoms with Crippen LogP contribution in [0.25, 0.3) is 0 Å². The topological polar surface area (TPSA) is 26.3 Å². The van der Waals surface area contributed by atoms with Crippen molar-refractivity contribution in [3.05, 3.63) is 0 Å². The number of hydrogen-bond donors (Lipinski definition) is 0. The molecule has 2 nitrogen and oxygen atoms in total. The molecule has 0 aromatic carbocycles. The molecule has 0 radical (unpaired) electrons. The summed E-state index contributed by atoms with van der Waals surface area (Å²) in [7, 11) is 0. The average molecular weight is 182 g/mol. The lowest BCUT2D eigenvalue weighted by atomic mass is 10.2. The van der Waals surface area contributed by atoms with E-state index in [0.29, 0.717) is 6.61 Å². The fraction of sp³-hybridized carbons (Fsp3) is 0.727. The predicted octanol–water partition coefficient (Wildman–Crippen LogP) is 2.52. The van der Waals surface area contributed by atoms with E-state index in [1.807, 2.05) is 6.92 Å². The Bertz CT molecular complexity index is 186. The fourth-order valence-electron chi connectivity index (χ4n) is 0.922. The van der Waals surface area contributed by atoms with Crippen molar-refractivity contribution in [1.29, 1.82) is 0 Å². The predicted molar refractivity (Wildman–Crippen MR) is 53.2 cm³/mol. The molecule has 0 amide bonds. The molecule has 0 aliphatic rings. The smallest absolute Gasteiger partial charge is 0.302 e. The van der Waals surface area contributed by atoms with Gasteiger partial charge in [-0.3, -0.25) is 4.79 Å². The van der Waals surface area contributed by atoms with Crippen LogP contribution in [-0.4, -0.2) is 12.6 Å². The van der Waals surface area contributed by atoms with Crippen molar-refractivity contribution in [3.63, 3.8) is 0 Å². The van der Waals surface area contributed by atoms with Crippen molar-refractivity contribution < 1.29 is 9.53 Å². The quantitative estimate of drug-likeness (QED) is 0.371. The molecule has 0 heterocycles. The van der Waals surface area contributed by atoms with Gasteiger partial charge in [0.05, 0.1) is 6.61 Å². The Morgan fingerprint density at radius 2 is 2.00 bits per heavy atom. The molecule has 0 bridgehead atoms. The normalized spacial score (nSPS) is 8.77. The van der Waals surface area contributed by atoms with Crippen molar-refractivity contribution in [2.75, 3.05) is 6.61 Å². The van der Waals surface area contributed by atoms with Crippen LogP contribution >= 0.6 is 0 Å². The summed E-state index contributed by atoms with van der Waals surface area (Å²) in [5.41, 5.74) is 0. The van der Waals surface area contributed by atoms with Crippen molar-refractivity contribution in [2.24, 2.45) is 0 Å². The molecule has 0 fully saturated rings. The number of unbranched alkanes of at least 4 members (excludes halogenated alkanes) is 3. The molecule has 0 rings (SSSR count). The SMILES string of the molecule is CCC#CCCCCCOC(C)=O. The number of esters is 1. The number of hydrogen-bond acceptors (Lipinski definition) is 2. The number of carbonyl (C=O) groups excluding carboxylic acids is 1. The summed E-state index contributed by atoms with van der Waals surface area (Å²) in [5, 5.41) is 0. The Kier molecular flexibility index (Phi) is 8.44. The van der Waals surface area contributed by atoms with Crippen molar-refractivity contribution >= 4 is 5.97 Å². The van der Waals surface area contributed by atoms with Gasteiger partial charge in [0.2, 0.25) is 0 Å². The Hall–Kier alpha value is -0.970. The summed E-state index contributed by atoms with van der Waals surface area (Å²) in [5.74, 6) is 5.91. The van der Waals surface area contributed by atoms with Crippen LogP contribution in [0.15, 0.2) is 0 Å². The first-order valence-electron chi connectivity index (χ1n) is 4.86. The molecule has 0 aliphatic carbocycles. The summed E-state index contributed by atoms with van der Waals surface area (Å²) < 4.78 is 4.79. The van der Waals surface area contributed by atoms with Gasteiger partial charge in [0.15, 0.2) is 0 Å². The zero-order valence-corrected chi connectivity index (χ0v) is 8.56. The lowest BCUT2D eigenvalue weighted by Crippen LogP contribution is -1.99. The Morgan fingerprint density at radius 3 is 2.62 bits per heavy atom. The first-order valence-corrected chi connectivity index (χ1v) is 4.86. The Morgan fingerprint density at radius 1 is 1.23 bits per heavy atom. The molecule has 0 N–H and O–H groups in total. The third-order valence-electron chi connectivity index (χ3n) is 1.55. The van der Waals surface area contributed by atoms with Gasteiger partial charge in [0.25, 0.3) is 0 Å². The highest BCUT2D eigenvalue weighted by Crippen LogP contribution is 1.99. The van der Waals surface area contributed by atoms with E-state index in [0.717, 1.165) is 32.1 Å². The van der Waals surface area contributed by atoms with E-state index >= 15 is 0 Å². The first-order chi connectivity index (χ1) is 6.27. The van der Waals surface area contributed by atoms with Gasteiger partial charge in [-0.05, 0) is 19.3 Å². The molecular weight excluding hydrogens is 164 g/mol. The summed E-state index contributed by atoms with van der Waals surface area (Å²) >= 11 is 0. The second-order valence-corrected chi connectivity index (χ2v) is 2.86. The lowest BCUT2D eigenvalue weighted by molar-refractivity contribution is -0.141. The van der Waals surface area contributed by atoms with Crippen molar-refractivity contribution in [2.45, 2.75) is 46.0 Å². The van der Waals surface area contributed by atoms with E-state index in [2.05, 4.69) is 11.8 Å². The van der Waals surface area contributed by atoms with Gasteiger partial charge >= 0.3 is 5.97 Å². The van der Waals surface area contributed by atoms with Crippen LogP contribution in [0.5, 0.6) is 0 Å². The third-order valence-corrected chi connectivity index (χ3v) is 1.55. The Labute approximate surface area is 80.7 Å². The molecule has 2 heteroatoms. The van der Waals surface area contributed by atoms with Crippen molar-refractivity contribution in [1.82, 2.24) is 0 Å². The van der Waals surface area contributed by atoms with E-state index in [1.54, 1.807) is 0 Å². The molecule has 0 unspecified atom stereocenters. The van der Waals surface area contributed by atoms with Gasteiger partial charge in [0, 0.05) is 19.8 Å². The molecule has 0 atom stereocenters. The zero-order chi connectivity index (χ0) is 9.94. The largest absolute Gasteiger partial charge is 0.466 e. The van der Waals surface area contributed by atoms with Gasteiger partial charge < -0.3 is 4.74 Å². The van der Waals surface area contributed by atoms with Gasteiger partial charge in [0.1, 0.15) is 0 Å². The van der Waals surface area contributed by atoms with Crippen LogP contribution < -0.4 is 0 Å². The third kappa shape index (κ3) is 11.0. The van der Waals surface area contributed by atoms with E-state index in [4.69, 9.17) is 4.74 Å². The average Bonchev–Trinajstić information content (AvgIpc) is 2.09. The number of ether oxygens (including phenoxy) is 1. The number of carbonyl (C=O) groups is 1. The highest BCUT2D eigenvalue weighted by atomic mass is 16.5. The molecule has 0 aliphatic heterocycles. The van der Waals surface area contributed by atoms with E-state index < -0.39 is 0 Å². The molecule has 13 heavy (non-hydrogen) atoms. The second-order valence-electron chi connectivity index (χ2n) is 2.86. The van der Waals surface area contributed by atoms with Crippen LogP contribution in [0.1, 0.15) is 46.0 Å². The van der Waals surface area contributed by atoms with Crippen LogP contribution in [0.2, 0.25) is 0 Å². The van der Waals surface area contributed by atoms with Gasteiger partial charge in [-0.2, -0.15) is 0 Å². The monoisotopic (exact) mass is 182 g/mol. The first kappa shape index (κ1) is 12.0. The molecule has 0 saturated heterocycles. The molecule has 0 saturated carbocycles. The minimum atomic E-state index is -0.189. The minimum absolute atomic E-state index is 0.189.